The molecule has 0 bridgehead atoms. The first-order valence-corrected chi connectivity index (χ1v) is 38.8. The zero-order chi connectivity index (χ0) is 74.2. The molecule has 7 heteroatoms. The van der Waals surface area contributed by atoms with Crippen molar-refractivity contribution in [2.24, 2.45) is 0 Å². The summed E-state index contributed by atoms with van der Waals surface area (Å²) in [5.41, 5.74) is 26.9. The van der Waals surface area contributed by atoms with Gasteiger partial charge in [-0.25, -0.2) is 0 Å². The number of aromatic nitrogens is 6. The topological polar surface area (TPSA) is 32.8 Å². The van der Waals surface area contributed by atoms with Gasteiger partial charge in [0.2, 0.25) is 0 Å². The Morgan fingerprint density at radius 3 is 0.619 bits per heavy atom. The van der Waals surface area contributed by atoms with Crippen molar-refractivity contribution in [2.75, 3.05) is 4.90 Å². The summed E-state index contributed by atoms with van der Waals surface area (Å²) in [6, 6.07) is 152. The number of benzene rings is 18. The summed E-state index contributed by atoms with van der Waals surface area (Å²) < 4.78 is 14.4. The molecule has 0 fully saturated rings. The van der Waals surface area contributed by atoms with E-state index in [-0.39, 0.29) is 0 Å². The number of para-hydroxylation sites is 12. The summed E-state index contributed by atoms with van der Waals surface area (Å²) in [7, 11) is 0. The molecule has 0 aliphatic carbocycles. The van der Waals surface area contributed by atoms with E-state index in [2.05, 4.69) is 451 Å². The number of hydrogen-bond donors (Lipinski definition) is 0. The van der Waals surface area contributed by atoms with Gasteiger partial charge in [0.05, 0.1) is 77.6 Å². The minimum absolute atomic E-state index is 1.08. The third-order valence-electron chi connectivity index (χ3n) is 23.5. The van der Waals surface area contributed by atoms with Gasteiger partial charge in [-0.1, -0.05) is 255 Å². The van der Waals surface area contributed by atoms with Gasteiger partial charge in [0.15, 0.2) is 0 Å². The fourth-order valence-corrected chi connectivity index (χ4v) is 18.6. The maximum Gasteiger partial charge on any atom is 0.0542 e. The lowest BCUT2D eigenvalue weighted by atomic mass is 10.0. The van der Waals surface area contributed by atoms with Crippen LogP contribution in [-0.4, -0.2) is 27.4 Å². The Labute approximate surface area is 650 Å². The summed E-state index contributed by atoms with van der Waals surface area (Å²) in [6.07, 6.45) is 0. The first-order valence-electron chi connectivity index (χ1n) is 38.8. The quantitative estimate of drug-likeness (QED) is 0.134. The molecule has 0 saturated heterocycles. The second-order valence-corrected chi connectivity index (χ2v) is 29.5. The van der Waals surface area contributed by atoms with Gasteiger partial charge in [0, 0.05) is 115 Å². The Bertz CT molecular complexity index is 7320. The highest BCUT2D eigenvalue weighted by molar-refractivity contribution is 6.16. The lowest BCUT2D eigenvalue weighted by Crippen LogP contribution is -2.11. The maximum absolute atomic E-state index is 2.43. The molecule has 0 unspecified atom stereocenters. The summed E-state index contributed by atoms with van der Waals surface area (Å²) in [4.78, 5) is 2.42. The highest BCUT2D eigenvalue weighted by Gasteiger charge is 2.24. The van der Waals surface area contributed by atoms with Crippen LogP contribution < -0.4 is 4.90 Å². The first kappa shape index (κ1) is 63.9. The van der Waals surface area contributed by atoms with Gasteiger partial charge >= 0.3 is 0 Å². The van der Waals surface area contributed by atoms with E-state index in [1.807, 2.05) is 0 Å². The van der Waals surface area contributed by atoms with E-state index in [0.717, 1.165) is 51.2 Å². The van der Waals surface area contributed by atoms with E-state index in [9.17, 15) is 0 Å². The lowest BCUT2D eigenvalue weighted by molar-refractivity contribution is 1.13. The first-order chi connectivity index (χ1) is 56.1. The molecular weight excluding hydrogens is 1370 g/mol. The molecule has 0 saturated carbocycles. The highest BCUT2D eigenvalue weighted by atomic mass is 15.1. The minimum Gasteiger partial charge on any atom is -0.310 e. The number of nitrogens with zero attached hydrogens (tertiary/aromatic N) is 7. The van der Waals surface area contributed by atoms with Crippen LogP contribution in [0.25, 0.3) is 187 Å². The third-order valence-corrected chi connectivity index (χ3v) is 23.5. The standard InChI is InChI=1S/C58H38N4.C48H31N3/c1-2-16-50-49(15-1)57(37-38-58(50)62-55-27-13-7-21-47(55)48-22-8-14-28-56(48)62)59(39-29-33-41(34-30-39)60-51-23-9-3-17-43(51)44-18-4-10-24-52(44)60)40-31-35-42(36-32-40)61-53-25-11-5-19-45(53)46-20-6-12-26-54(46)61;1-7-19-43-37(13-1)38-14-2-8-20-44(38)49(43)34-27-25-32(26-28-34)33-29-35(50-45-21-9-3-15-39(45)40-16-4-10-22-46(40)50)31-36(30-33)51-47-23-11-5-17-41(47)42-18-6-12-24-48(42)51/h1-38H;1-31H. The van der Waals surface area contributed by atoms with Gasteiger partial charge in [0.25, 0.3) is 0 Å². The van der Waals surface area contributed by atoms with Crippen molar-refractivity contribution in [3.63, 3.8) is 0 Å². The smallest absolute Gasteiger partial charge is 0.0542 e. The summed E-state index contributed by atoms with van der Waals surface area (Å²) in [5, 5.41) is 17.5. The van der Waals surface area contributed by atoms with Crippen LogP contribution in [0.2, 0.25) is 0 Å². The average molecular weight is 1440 g/mol. The molecule has 0 spiro atoms. The fourth-order valence-electron chi connectivity index (χ4n) is 18.6. The molecule has 528 valence electrons. The molecule has 0 N–H and O–H groups in total. The summed E-state index contributed by atoms with van der Waals surface area (Å²) >= 11 is 0. The highest BCUT2D eigenvalue weighted by Crippen LogP contribution is 2.46. The van der Waals surface area contributed by atoms with Crippen LogP contribution in [0.5, 0.6) is 0 Å². The summed E-state index contributed by atoms with van der Waals surface area (Å²) in [5.74, 6) is 0. The van der Waals surface area contributed by atoms with Crippen molar-refractivity contribution in [1.82, 2.24) is 27.4 Å². The fraction of sp³-hybridized carbons (Fsp3) is 0. The van der Waals surface area contributed by atoms with Gasteiger partial charge in [0.1, 0.15) is 0 Å². The van der Waals surface area contributed by atoms with Crippen molar-refractivity contribution >= 4 is 159 Å². The average Bonchev–Trinajstić information content (AvgIpc) is 1.61. The van der Waals surface area contributed by atoms with Gasteiger partial charge < -0.3 is 32.3 Å². The van der Waals surface area contributed by atoms with Crippen LogP contribution in [0.1, 0.15) is 0 Å². The normalized spacial score (nSPS) is 11.9. The van der Waals surface area contributed by atoms with Gasteiger partial charge in [-0.05, 0) is 175 Å². The Hall–Kier alpha value is -15.2. The molecule has 6 aromatic heterocycles. The number of hydrogen-bond acceptors (Lipinski definition) is 1. The Morgan fingerprint density at radius 2 is 0.354 bits per heavy atom. The summed E-state index contributed by atoms with van der Waals surface area (Å²) in [6.45, 7) is 0. The Balaban J connectivity index is 0.000000137. The molecule has 24 aromatic rings. The van der Waals surface area contributed by atoms with E-state index in [0.29, 0.717) is 0 Å². The minimum atomic E-state index is 1.08. The predicted molar refractivity (Wildman–Crippen MR) is 477 cm³/mol. The van der Waals surface area contributed by atoms with Gasteiger partial charge in [-0.3, -0.25) is 0 Å². The van der Waals surface area contributed by atoms with Crippen molar-refractivity contribution in [1.29, 1.82) is 0 Å². The molecule has 0 atom stereocenters. The predicted octanol–water partition coefficient (Wildman–Crippen LogP) is 28.2. The van der Waals surface area contributed by atoms with Gasteiger partial charge in [-0.15, -0.1) is 0 Å². The molecule has 24 rings (SSSR count). The molecule has 0 aliphatic heterocycles. The van der Waals surface area contributed by atoms with E-state index >= 15 is 0 Å². The van der Waals surface area contributed by atoms with E-state index < -0.39 is 0 Å². The Morgan fingerprint density at radius 1 is 0.142 bits per heavy atom. The number of fused-ring (bicyclic) bond motifs is 19. The van der Waals surface area contributed by atoms with Crippen LogP contribution in [0.15, 0.2) is 419 Å². The van der Waals surface area contributed by atoms with Crippen LogP contribution in [-0.2, 0) is 0 Å². The second-order valence-electron chi connectivity index (χ2n) is 29.5. The molecule has 0 radical (unpaired) electrons. The van der Waals surface area contributed by atoms with Crippen LogP contribution in [0, 0.1) is 0 Å². The Kier molecular flexibility index (Phi) is 14.6. The third kappa shape index (κ3) is 10.0. The largest absolute Gasteiger partial charge is 0.310 e. The van der Waals surface area contributed by atoms with Crippen LogP contribution in [0.4, 0.5) is 17.1 Å². The van der Waals surface area contributed by atoms with E-state index in [4.69, 9.17) is 0 Å². The lowest BCUT2D eigenvalue weighted by Gasteiger charge is -2.28. The number of rotatable bonds is 10. The van der Waals surface area contributed by atoms with Crippen molar-refractivity contribution in [3.8, 4) is 45.3 Å². The van der Waals surface area contributed by atoms with E-state index in [1.165, 1.54) is 153 Å². The van der Waals surface area contributed by atoms with E-state index in [1.54, 1.807) is 0 Å². The second kappa shape index (κ2) is 25.7. The van der Waals surface area contributed by atoms with Crippen LogP contribution in [0.3, 0.4) is 0 Å². The molecule has 0 aliphatic rings. The van der Waals surface area contributed by atoms with Crippen molar-refractivity contribution in [2.45, 2.75) is 0 Å². The zero-order valence-electron chi connectivity index (χ0n) is 61.5. The van der Waals surface area contributed by atoms with Crippen molar-refractivity contribution < 1.29 is 0 Å². The maximum atomic E-state index is 2.43. The molecule has 7 nitrogen and oxygen atoms in total. The number of anilines is 3. The molecule has 0 amide bonds. The molecule has 6 heterocycles. The zero-order valence-corrected chi connectivity index (χ0v) is 61.5. The molecular formula is C106H69N7. The van der Waals surface area contributed by atoms with Gasteiger partial charge in [-0.2, -0.15) is 0 Å². The monoisotopic (exact) mass is 1440 g/mol. The molecule has 113 heavy (non-hydrogen) atoms. The van der Waals surface area contributed by atoms with Crippen molar-refractivity contribution in [3.05, 3.63) is 419 Å². The molecule has 18 aromatic carbocycles. The van der Waals surface area contributed by atoms with Crippen LogP contribution >= 0.6 is 0 Å². The SMILES string of the molecule is c1ccc2c(-n3c4ccccc4c4ccccc43)ccc(N(c3ccc(-n4c5ccccc5c5ccccc54)cc3)c3ccc(-n4c5ccccc5c5ccccc54)cc3)c2c1.c1ccc2c(c1)c1ccccc1n2-c1ccc(-c2cc(-n3c4ccccc4c4ccccc43)cc(-n3c4ccccc4c4ccccc43)c2)cc1.